The highest BCUT2D eigenvalue weighted by molar-refractivity contribution is 5.67. The molecular weight excluding hydrogens is 258 g/mol. The first-order valence-electron chi connectivity index (χ1n) is 7.01. The Morgan fingerprint density at radius 3 is 2.80 bits per heavy atom. The van der Waals surface area contributed by atoms with E-state index < -0.39 is 6.09 Å². The first-order chi connectivity index (χ1) is 9.78. The van der Waals surface area contributed by atoms with Gasteiger partial charge in [-0.15, -0.1) is 0 Å². The third-order valence-electron chi connectivity index (χ3n) is 4.13. The molecular formula is C15H19NO4. The minimum absolute atomic E-state index is 0.0152. The molecule has 2 fully saturated rings. The van der Waals surface area contributed by atoms with Crippen molar-refractivity contribution in [2.45, 2.75) is 37.7 Å². The standard InChI is InChI=1S/C15H19NO4/c17-8-11-12-6-7-13(20-12)14(11)16-15(18)19-9-10-4-2-1-3-5-10/h1-5,11-14,17H,6-9H2,(H,16,18). The summed E-state index contributed by atoms with van der Waals surface area (Å²) >= 11 is 0. The molecule has 0 spiro atoms. The lowest BCUT2D eigenvalue weighted by atomic mass is 9.85. The molecule has 3 rings (SSSR count). The maximum Gasteiger partial charge on any atom is 0.407 e. The van der Waals surface area contributed by atoms with Gasteiger partial charge in [-0.05, 0) is 18.4 Å². The molecule has 1 aromatic rings. The molecule has 5 nitrogen and oxygen atoms in total. The molecule has 4 atom stereocenters. The molecule has 0 saturated carbocycles. The Balaban J connectivity index is 1.51. The van der Waals surface area contributed by atoms with Crippen molar-refractivity contribution in [1.29, 1.82) is 0 Å². The van der Waals surface area contributed by atoms with Crippen LogP contribution in [0.2, 0.25) is 0 Å². The number of aliphatic hydroxyl groups excluding tert-OH is 1. The van der Waals surface area contributed by atoms with Gasteiger partial charge in [-0.1, -0.05) is 30.3 Å². The molecule has 2 aliphatic rings. The van der Waals surface area contributed by atoms with E-state index in [0.29, 0.717) is 0 Å². The largest absolute Gasteiger partial charge is 0.445 e. The zero-order valence-electron chi connectivity index (χ0n) is 11.2. The Bertz CT molecular complexity index is 464. The third kappa shape index (κ3) is 2.64. The van der Waals surface area contributed by atoms with E-state index in [-0.39, 0.29) is 37.4 Å². The highest BCUT2D eigenvalue weighted by Crippen LogP contribution is 2.38. The third-order valence-corrected chi connectivity index (χ3v) is 4.13. The molecule has 2 bridgehead atoms. The topological polar surface area (TPSA) is 67.8 Å². The Labute approximate surface area is 117 Å². The molecule has 2 heterocycles. The van der Waals surface area contributed by atoms with Crippen LogP contribution in [0.1, 0.15) is 18.4 Å². The number of hydrogen-bond donors (Lipinski definition) is 2. The van der Waals surface area contributed by atoms with Gasteiger partial charge in [0.1, 0.15) is 6.61 Å². The fourth-order valence-corrected chi connectivity index (χ4v) is 3.11. The van der Waals surface area contributed by atoms with E-state index in [1.54, 1.807) is 0 Å². The smallest absolute Gasteiger partial charge is 0.407 e. The molecule has 4 unspecified atom stereocenters. The maximum absolute atomic E-state index is 11.8. The Kier molecular flexibility index (Phi) is 3.89. The summed E-state index contributed by atoms with van der Waals surface area (Å²) < 4.78 is 10.9. The second kappa shape index (κ2) is 5.81. The summed E-state index contributed by atoms with van der Waals surface area (Å²) in [5, 5.41) is 12.2. The minimum Gasteiger partial charge on any atom is -0.445 e. The van der Waals surface area contributed by atoms with E-state index in [1.807, 2.05) is 30.3 Å². The monoisotopic (exact) mass is 277 g/mol. The molecule has 5 heteroatoms. The average molecular weight is 277 g/mol. The average Bonchev–Trinajstić information content (AvgIpc) is 3.07. The number of fused-ring (bicyclic) bond motifs is 2. The van der Waals surface area contributed by atoms with Crippen molar-refractivity contribution in [3.05, 3.63) is 35.9 Å². The lowest BCUT2D eigenvalue weighted by Crippen LogP contribution is -2.48. The predicted octanol–water partition coefficient (Wildman–Crippen LogP) is 1.45. The summed E-state index contributed by atoms with van der Waals surface area (Å²) in [4.78, 5) is 11.8. The summed E-state index contributed by atoms with van der Waals surface area (Å²) in [6, 6.07) is 9.41. The Morgan fingerprint density at radius 2 is 2.05 bits per heavy atom. The van der Waals surface area contributed by atoms with Crippen LogP contribution in [0.5, 0.6) is 0 Å². The van der Waals surface area contributed by atoms with Crippen LogP contribution in [0.15, 0.2) is 30.3 Å². The second-order valence-electron chi connectivity index (χ2n) is 5.37. The van der Waals surface area contributed by atoms with E-state index in [9.17, 15) is 9.90 Å². The van der Waals surface area contributed by atoms with E-state index in [1.165, 1.54) is 0 Å². The van der Waals surface area contributed by atoms with Gasteiger partial charge >= 0.3 is 6.09 Å². The van der Waals surface area contributed by atoms with Gasteiger partial charge in [-0.25, -0.2) is 4.79 Å². The van der Waals surface area contributed by atoms with Crippen LogP contribution in [0.4, 0.5) is 4.79 Å². The number of alkyl carbamates (subject to hydrolysis) is 1. The number of ether oxygens (including phenoxy) is 2. The Hall–Kier alpha value is -1.59. The van der Waals surface area contributed by atoms with Crippen LogP contribution in [0.25, 0.3) is 0 Å². The van der Waals surface area contributed by atoms with Gasteiger partial charge in [-0.3, -0.25) is 0 Å². The molecule has 0 aromatic heterocycles. The number of rotatable bonds is 4. The van der Waals surface area contributed by atoms with E-state index in [0.717, 1.165) is 18.4 Å². The van der Waals surface area contributed by atoms with Crippen LogP contribution in [-0.4, -0.2) is 36.1 Å². The number of benzene rings is 1. The van der Waals surface area contributed by atoms with Crippen LogP contribution < -0.4 is 5.32 Å². The van der Waals surface area contributed by atoms with Crippen molar-refractivity contribution < 1.29 is 19.4 Å². The van der Waals surface area contributed by atoms with Crippen LogP contribution in [0, 0.1) is 5.92 Å². The number of aliphatic hydroxyl groups is 1. The number of amides is 1. The van der Waals surface area contributed by atoms with Gasteiger partial charge in [0.15, 0.2) is 0 Å². The van der Waals surface area contributed by atoms with Gasteiger partial charge in [0.2, 0.25) is 0 Å². The van der Waals surface area contributed by atoms with E-state index in [2.05, 4.69) is 5.32 Å². The zero-order chi connectivity index (χ0) is 13.9. The van der Waals surface area contributed by atoms with Crippen LogP contribution in [0.3, 0.4) is 0 Å². The van der Waals surface area contributed by atoms with Crippen molar-refractivity contribution in [2.24, 2.45) is 5.92 Å². The van der Waals surface area contributed by atoms with Gasteiger partial charge in [-0.2, -0.15) is 0 Å². The molecule has 1 amide bonds. The number of carbonyl (C=O) groups is 1. The van der Waals surface area contributed by atoms with Gasteiger partial charge in [0, 0.05) is 5.92 Å². The first-order valence-corrected chi connectivity index (χ1v) is 7.01. The van der Waals surface area contributed by atoms with E-state index in [4.69, 9.17) is 9.47 Å². The minimum atomic E-state index is -0.451. The summed E-state index contributed by atoms with van der Waals surface area (Å²) in [5.74, 6) is -0.0157. The summed E-state index contributed by atoms with van der Waals surface area (Å²) in [6.07, 6.45) is 1.54. The van der Waals surface area contributed by atoms with Crippen molar-refractivity contribution in [3.8, 4) is 0 Å². The molecule has 2 N–H and O–H groups in total. The second-order valence-corrected chi connectivity index (χ2v) is 5.37. The van der Waals surface area contributed by atoms with Gasteiger partial charge in [0.25, 0.3) is 0 Å². The number of nitrogens with one attached hydrogen (secondary N) is 1. The summed E-state index contributed by atoms with van der Waals surface area (Å²) in [5.41, 5.74) is 0.950. The molecule has 0 aliphatic carbocycles. The molecule has 1 aromatic carbocycles. The Morgan fingerprint density at radius 1 is 1.30 bits per heavy atom. The first kappa shape index (κ1) is 13.4. The zero-order valence-corrected chi connectivity index (χ0v) is 11.2. The molecule has 2 saturated heterocycles. The van der Waals surface area contributed by atoms with Crippen LogP contribution in [-0.2, 0) is 16.1 Å². The molecule has 2 aliphatic heterocycles. The van der Waals surface area contributed by atoms with Crippen molar-refractivity contribution >= 4 is 6.09 Å². The number of carbonyl (C=O) groups excluding carboxylic acids is 1. The predicted molar refractivity (Wildman–Crippen MR) is 72.0 cm³/mol. The fraction of sp³-hybridized carbons (Fsp3) is 0.533. The molecule has 20 heavy (non-hydrogen) atoms. The van der Waals surface area contributed by atoms with Crippen molar-refractivity contribution in [2.75, 3.05) is 6.61 Å². The van der Waals surface area contributed by atoms with Gasteiger partial charge in [0.05, 0.1) is 24.9 Å². The normalized spacial score (nSPS) is 31.2. The lowest BCUT2D eigenvalue weighted by molar-refractivity contribution is 0.0787. The molecule has 0 radical (unpaired) electrons. The lowest BCUT2D eigenvalue weighted by Gasteiger charge is -2.26. The highest BCUT2D eigenvalue weighted by atomic mass is 16.6. The number of hydrogen-bond acceptors (Lipinski definition) is 4. The van der Waals surface area contributed by atoms with E-state index >= 15 is 0 Å². The van der Waals surface area contributed by atoms with Gasteiger partial charge < -0.3 is 19.9 Å². The summed E-state index contributed by atoms with van der Waals surface area (Å²) in [7, 11) is 0. The molecule has 108 valence electrons. The van der Waals surface area contributed by atoms with Crippen LogP contribution >= 0.6 is 0 Å². The van der Waals surface area contributed by atoms with Crippen molar-refractivity contribution in [1.82, 2.24) is 5.32 Å². The SMILES string of the molecule is O=C(NC1C2CCC(O2)C1CO)OCc1ccccc1. The fourth-order valence-electron chi connectivity index (χ4n) is 3.11. The maximum atomic E-state index is 11.8. The van der Waals surface area contributed by atoms with Crippen molar-refractivity contribution in [3.63, 3.8) is 0 Å². The summed E-state index contributed by atoms with van der Waals surface area (Å²) in [6.45, 7) is 0.281. The highest BCUT2D eigenvalue weighted by Gasteiger charge is 2.49. The quantitative estimate of drug-likeness (QED) is 0.874.